The monoisotopic (exact) mass is 405 g/mol. The first kappa shape index (κ1) is 18.9. The number of carbonyl (C=O) groups excluding carboxylic acids is 1. The number of benzene rings is 2. The number of para-hydroxylation sites is 2. The number of hydrogen-bond acceptors (Lipinski definition) is 6. The topological polar surface area (TPSA) is 77.2 Å². The van der Waals surface area contributed by atoms with E-state index in [2.05, 4.69) is 15.5 Å². The van der Waals surface area contributed by atoms with Crippen LogP contribution in [0, 0.1) is 6.92 Å². The molecular weight excluding hydrogens is 386 g/mol. The minimum absolute atomic E-state index is 0.153. The Kier molecular flexibility index (Phi) is 5.67. The van der Waals surface area contributed by atoms with Gasteiger partial charge in [-0.1, -0.05) is 29.8 Å². The molecule has 0 aliphatic carbocycles. The lowest BCUT2D eigenvalue weighted by molar-refractivity contribution is -0.116. The average molecular weight is 405 g/mol. The van der Waals surface area contributed by atoms with E-state index in [4.69, 9.17) is 9.15 Å². The molecule has 146 valence electrons. The second-order valence-corrected chi connectivity index (χ2v) is 7.25. The number of aromatic nitrogens is 2. The highest BCUT2D eigenvalue weighted by Crippen LogP contribution is 2.29. The molecule has 0 spiro atoms. The molecule has 0 unspecified atom stereocenters. The van der Waals surface area contributed by atoms with Crippen molar-refractivity contribution in [2.24, 2.45) is 0 Å². The van der Waals surface area contributed by atoms with Crippen molar-refractivity contribution in [1.82, 2.24) is 10.2 Å². The molecule has 2 aromatic carbocycles. The molecule has 0 saturated heterocycles. The Morgan fingerprint density at radius 1 is 1.10 bits per heavy atom. The smallest absolute Gasteiger partial charge is 0.248 e. The fourth-order valence-electron chi connectivity index (χ4n) is 2.68. The molecule has 0 aliphatic heterocycles. The predicted molar refractivity (Wildman–Crippen MR) is 112 cm³/mol. The predicted octanol–water partition coefficient (Wildman–Crippen LogP) is 5.47. The van der Waals surface area contributed by atoms with E-state index in [1.807, 2.05) is 72.3 Å². The zero-order chi connectivity index (χ0) is 20.1. The van der Waals surface area contributed by atoms with Gasteiger partial charge in [-0.15, -0.1) is 10.2 Å². The van der Waals surface area contributed by atoms with Crippen molar-refractivity contribution in [2.45, 2.75) is 19.8 Å². The first-order valence-electron chi connectivity index (χ1n) is 9.16. The summed E-state index contributed by atoms with van der Waals surface area (Å²) < 4.78 is 11.5. The number of anilines is 1. The van der Waals surface area contributed by atoms with E-state index >= 15 is 0 Å². The summed E-state index contributed by atoms with van der Waals surface area (Å²) in [6.45, 7) is 2.02. The molecule has 7 heteroatoms. The van der Waals surface area contributed by atoms with E-state index < -0.39 is 0 Å². The van der Waals surface area contributed by atoms with Gasteiger partial charge >= 0.3 is 0 Å². The second kappa shape index (κ2) is 8.70. The van der Waals surface area contributed by atoms with Crippen LogP contribution in [0.3, 0.4) is 0 Å². The molecule has 0 fully saturated rings. The highest BCUT2D eigenvalue weighted by Gasteiger charge is 2.12. The van der Waals surface area contributed by atoms with Gasteiger partial charge in [-0.2, -0.15) is 11.3 Å². The molecule has 6 nitrogen and oxygen atoms in total. The van der Waals surface area contributed by atoms with E-state index in [0.717, 1.165) is 11.1 Å². The highest BCUT2D eigenvalue weighted by atomic mass is 32.1. The average Bonchev–Trinajstić information content (AvgIpc) is 3.41. The zero-order valence-electron chi connectivity index (χ0n) is 15.8. The lowest BCUT2D eigenvalue weighted by atomic mass is 10.2. The highest BCUT2D eigenvalue weighted by molar-refractivity contribution is 7.08. The summed E-state index contributed by atoms with van der Waals surface area (Å²) in [5.74, 6) is 2.05. The van der Waals surface area contributed by atoms with Crippen molar-refractivity contribution in [3.05, 3.63) is 76.8 Å². The van der Waals surface area contributed by atoms with E-state index in [-0.39, 0.29) is 12.3 Å². The number of aryl methyl sites for hydroxylation is 2. The van der Waals surface area contributed by atoms with Crippen LogP contribution in [-0.4, -0.2) is 16.1 Å². The second-order valence-electron chi connectivity index (χ2n) is 6.47. The van der Waals surface area contributed by atoms with Crippen molar-refractivity contribution >= 4 is 22.9 Å². The van der Waals surface area contributed by atoms with Gasteiger partial charge in [-0.05, 0) is 42.6 Å². The number of rotatable bonds is 7. The molecule has 0 bridgehead atoms. The standard InChI is InChI=1S/C22H19N3O3S/c1-15-6-8-17(9-7-15)27-19-5-3-2-4-18(19)23-20(26)10-11-21-24-25-22(28-21)16-12-13-29-14-16/h2-9,12-14H,10-11H2,1H3,(H,23,26). The molecule has 4 rings (SSSR count). The van der Waals surface area contributed by atoms with Gasteiger partial charge in [0.25, 0.3) is 0 Å². The lowest BCUT2D eigenvalue weighted by Crippen LogP contribution is -2.13. The number of hydrogen-bond donors (Lipinski definition) is 1. The molecule has 0 atom stereocenters. The number of thiophene rings is 1. The Labute approximate surface area is 172 Å². The Balaban J connectivity index is 1.37. The van der Waals surface area contributed by atoms with Crippen LogP contribution in [0.2, 0.25) is 0 Å². The molecule has 4 aromatic rings. The number of amides is 1. The molecule has 29 heavy (non-hydrogen) atoms. The lowest BCUT2D eigenvalue weighted by Gasteiger charge is -2.12. The molecular formula is C22H19N3O3S. The van der Waals surface area contributed by atoms with E-state index in [1.54, 1.807) is 11.3 Å². The largest absolute Gasteiger partial charge is 0.455 e. The van der Waals surface area contributed by atoms with Crippen LogP contribution in [-0.2, 0) is 11.2 Å². The molecule has 2 aromatic heterocycles. The minimum atomic E-state index is -0.153. The number of carbonyl (C=O) groups is 1. The molecule has 2 heterocycles. The van der Waals surface area contributed by atoms with Gasteiger partial charge in [0, 0.05) is 23.8 Å². The summed E-state index contributed by atoms with van der Waals surface area (Å²) >= 11 is 1.56. The zero-order valence-corrected chi connectivity index (χ0v) is 16.6. The van der Waals surface area contributed by atoms with Crippen molar-refractivity contribution in [2.75, 3.05) is 5.32 Å². The summed E-state index contributed by atoms with van der Waals surface area (Å²) in [5, 5.41) is 14.8. The van der Waals surface area contributed by atoms with Crippen LogP contribution in [0.15, 0.2) is 69.8 Å². The van der Waals surface area contributed by atoms with E-state index in [9.17, 15) is 4.79 Å². The Morgan fingerprint density at radius 2 is 1.93 bits per heavy atom. The fraction of sp³-hybridized carbons (Fsp3) is 0.136. The SMILES string of the molecule is Cc1ccc(Oc2ccccc2NC(=O)CCc2nnc(-c3ccsc3)o2)cc1. The Hall–Kier alpha value is -3.45. The van der Waals surface area contributed by atoms with Crippen molar-refractivity contribution in [3.8, 4) is 23.0 Å². The minimum Gasteiger partial charge on any atom is -0.455 e. The summed E-state index contributed by atoms with van der Waals surface area (Å²) in [4.78, 5) is 12.4. The Morgan fingerprint density at radius 3 is 2.72 bits per heavy atom. The van der Waals surface area contributed by atoms with Crippen LogP contribution in [0.1, 0.15) is 17.9 Å². The molecule has 0 saturated carbocycles. The van der Waals surface area contributed by atoms with Gasteiger partial charge in [0.1, 0.15) is 5.75 Å². The van der Waals surface area contributed by atoms with Gasteiger partial charge < -0.3 is 14.5 Å². The van der Waals surface area contributed by atoms with Crippen LogP contribution in [0.5, 0.6) is 11.5 Å². The van der Waals surface area contributed by atoms with Crippen LogP contribution < -0.4 is 10.1 Å². The molecule has 1 amide bonds. The summed E-state index contributed by atoms with van der Waals surface area (Å²) in [6.07, 6.45) is 0.591. The first-order valence-corrected chi connectivity index (χ1v) is 10.1. The van der Waals surface area contributed by atoms with Gasteiger partial charge in [0.05, 0.1) is 5.69 Å². The van der Waals surface area contributed by atoms with Crippen LogP contribution in [0.25, 0.3) is 11.5 Å². The Bertz CT molecular complexity index is 1090. The van der Waals surface area contributed by atoms with Gasteiger partial charge in [0.2, 0.25) is 17.7 Å². The molecule has 0 aliphatic rings. The van der Waals surface area contributed by atoms with Crippen molar-refractivity contribution in [3.63, 3.8) is 0 Å². The van der Waals surface area contributed by atoms with E-state index in [0.29, 0.717) is 35.4 Å². The van der Waals surface area contributed by atoms with Crippen molar-refractivity contribution < 1.29 is 13.9 Å². The summed E-state index contributed by atoms with van der Waals surface area (Å²) in [6, 6.07) is 17.0. The maximum absolute atomic E-state index is 12.4. The molecule has 0 radical (unpaired) electrons. The number of nitrogens with one attached hydrogen (secondary N) is 1. The van der Waals surface area contributed by atoms with Crippen LogP contribution >= 0.6 is 11.3 Å². The molecule has 1 N–H and O–H groups in total. The summed E-state index contributed by atoms with van der Waals surface area (Å²) in [7, 11) is 0. The van der Waals surface area contributed by atoms with Gasteiger partial charge in [-0.25, -0.2) is 0 Å². The third-order valence-electron chi connectivity index (χ3n) is 4.21. The third kappa shape index (κ3) is 4.89. The quantitative estimate of drug-likeness (QED) is 0.441. The third-order valence-corrected chi connectivity index (χ3v) is 4.89. The maximum Gasteiger partial charge on any atom is 0.248 e. The number of nitrogens with zero attached hydrogens (tertiary/aromatic N) is 2. The van der Waals surface area contributed by atoms with Gasteiger partial charge in [0.15, 0.2) is 5.75 Å². The first-order chi connectivity index (χ1) is 14.2. The summed E-state index contributed by atoms with van der Waals surface area (Å²) in [5.41, 5.74) is 2.66. The van der Waals surface area contributed by atoms with Crippen LogP contribution in [0.4, 0.5) is 5.69 Å². The van der Waals surface area contributed by atoms with Crippen molar-refractivity contribution in [1.29, 1.82) is 0 Å². The number of ether oxygens (including phenoxy) is 1. The van der Waals surface area contributed by atoms with E-state index in [1.165, 1.54) is 0 Å². The van der Waals surface area contributed by atoms with Gasteiger partial charge in [-0.3, -0.25) is 4.79 Å². The maximum atomic E-state index is 12.4. The normalized spacial score (nSPS) is 10.7. The fourth-order valence-corrected chi connectivity index (χ4v) is 3.31.